The van der Waals surface area contributed by atoms with Gasteiger partial charge in [0.1, 0.15) is 5.82 Å². The van der Waals surface area contributed by atoms with Crippen LogP contribution in [-0.4, -0.2) is 44.9 Å². The number of aliphatic carboxylic acids is 1. The smallest absolute Gasteiger partial charge is 0.311 e. The van der Waals surface area contributed by atoms with Gasteiger partial charge >= 0.3 is 5.97 Å². The van der Waals surface area contributed by atoms with Crippen LogP contribution < -0.4 is 0 Å². The van der Waals surface area contributed by atoms with E-state index in [1.807, 2.05) is 13.8 Å². The molecule has 0 radical (unpaired) electrons. The fourth-order valence-corrected chi connectivity index (χ4v) is 3.04. The molecular weight excluding hydrogens is 306 g/mol. The van der Waals surface area contributed by atoms with E-state index in [0.717, 1.165) is 29.2 Å². The summed E-state index contributed by atoms with van der Waals surface area (Å²) in [5, 5.41) is 9.30. The van der Waals surface area contributed by atoms with Gasteiger partial charge in [-0.1, -0.05) is 13.8 Å². The molecule has 1 saturated heterocycles. The Kier molecular flexibility index (Phi) is 5.26. The molecule has 1 fully saturated rings. The quantitative estimate of drug-likeness (QED) is 0.895. The van der Waals surface area contributed by atoms with Crippen LogP contribution in [0.1, 0.15) is 62.3 Å². The van der Waals surface area contributed by atoms with Crippen LogP contribution in [0.2, 0.25) is 0 Å². The fraction of sp³-hybridized carbons (Fsp3) is 0.667. The summed E-state index contributed by atoms with van der Waals surface area (Å²) in [5.41, 5.74) is 1.70. The molecule has 0 spiro atoms. The van der Waals surface area contributed by atoms with Crippen molar-refractivity contribution in [3.8, 4) is 0 Å². The Hall–Kier alpha value is -1.98. The molecule has 1 N–H and O–H groups in total. The number of aromatic nitrogens is 2. The zero-order chi connectivity index (χ0) is 18.1. The Balaban J connectivity index is 2.14. The second kappa shape index (κ2) is 6.87. The lowest BCUT2D eigenvalue weighted by molar-refractivity contribution is -0.147. The van der Waals surface area contributed by atoms with Crippen molar-refractivity contribution >= 4 is 11.9 Å². The highest BCUT2D eigenvalue weighted by atomic mass is 16.4. The molecule has 2 heterocycles. The van der Waals surface area contributed by atoms with Gasteiger partial charge in [-0.05, 0) is 33.6 Å². The van der Waals surface area contributed by atoms with Crippen molar-refractivity contribution in [3.05, 3.63) is 22.8 Å². The molecule has 6 heteroatoms. The van der Waals surface area contributed by atoms with Gasteiger partial charge in [-0.2, -0.15) is 0 Å². The molecule has 1 amide bonds. The third-order valence-electron chi connectivity index (χ3n) is 5.16. The molecule has 24 heavy (non-hydrogen) atoms. The number of aryl methyl sites for hydroxylation is 2. The lowest BCUT2D eigenvalue weighted by Crippen LogP contribution is -2.35. The predicted molar refractivity (Wildman–Crippen MR) is 90.9 cm³/mol. The first-order valence-electron chi connectivity index (χ1n) is 8.53. The number of likely N-dealkylation sites (tertiary alicyclic amines) is 1. The Morgan fingerprint density at radius 2 is 1.88 bits per heavy atom. The standard InChI is InChI=1S/C18H27N3O3/c1-6-11(2)16-19-12(3)14(13(4)20-16)9-15(22)21-8-7-18(5,10-21)17(23)24/h11H,6-10H2,1-5H3,(H,23,24). The van der Waals surface area contributed by atoms with Gasteiger partial charge in [0.2, 0.25) is 5.91 Å². The van der Waals surface area contributed by atoms with E-state index >= 15 is 0 Å². The second-order valence-corrected chi connectivity index (χ2v) is 7.15. The van der Waals surface area contributed by atoms with Crippen LogP contribution in [0.3, 0.4) is 0 Å². The molecule has 2 unspecified atom stereocenters. The van der Waals surface area contributed by atoms with E-state index in [1.54, 1.807) is 11.8 Å². The molecule has 1 aromatic rings. The van der Waals surface area contributed by atoms with Crippen LogP contribution in [0.4, 0.5) is 0 Å². The van der Waals surface area contributed by atoms with Crippen LogP contribution in [0.15, 0.2) is 0 Å². The van der Waals surface area contributed by atoms with Crippen molar-refractivity contribution in [1.82, 2.24) is 14.9 Å². The van der Waals surface area contributed by atoms with Gasteiger partial charge in [-0.15, -0.1) is 0 Å². The molecule has 0 bridgehead atoms. The van der Waals surface area contributed by atoms with Crippen molar-refractivity contribution in [2.45, 2.75) is 59.8 Å². The summed E-state index contributed by atoms with van der Waals surface area (Å²) in [7, 11) is 0. The number of amides is 1. The van der Waals surface area contributed by atoms with Crippen molar-refractivity contribution in [1.29, 1.82) is 0 Å². The van der Waals surface area contributed by atoms with E-state index in [2.05, 4.69) is 23.8 Å². The minimum atomic E-state index is -0.841. The van der Waals surface area contributed by atoms with Crippen LogP contribution in [-0.2, 0) is 16.0 Å². The van der Waals surface area contributed by atoms with Gasteiger partial charge in [0.05, 0.1) is 11.8 Å². The van der Waals surface area contributed by atoms with E-state index in [4.69, 9.17) is 0 Å². The summed E-state index contributed by atoms with van der Waals surface area (Å²) in [5.74, 6) is 0.225. The summed E-state index contributed by atoms with van der Waals surface area (Å²) in [6.07, 6.45) is 1.70. The molecule has 1 aromatic heterocycles. The summed E-state index contributed by atoms with van der Waals surface area (Å²) < 4.78 is 0. The van der Waals surface area contributed by atoms with Crippen LogP contribution >= 0.6 is 0 Å². The van der Waals surface area contributed by atoms with Gasteiger partial charge < -0.3 is 10.0 Å². The molecular formula is C18H27N3O3. The summed E-state index contributed by atoms with van der Waals surface area (Å²) in [6, 6.07) is 0. The zero-order valence-corrected chi connectivity index (χ0v) is 15.2. The average Bonchev–Trinajstić information content (AvgIpc) is 2.93. The Morgan fingerprint density at radius 1 is 1.29 bits per heavy atom. The van der Waals surface area contributed by atoms with Gasteiger partial charge in [0.25, 0.3) is 0 Å². The van der Waals surface area contributed by atoms with Gasteiger partial charge in [0, 0.05) is 36.0 Å². The Labute approximate surface area is 143 Å². The number of nitrogens with zero attached hydrogens (tertiary/aromatic N) is 3. The number of carboxylic acid groups (broad SMARTS) is 1. The maximum Gasteiger partial charge on any atom is 0.311 e. The first-order chi connectivity index (χ1) is 11.2. The number of hydrogen-bond donors (Lipinski definition) is 1. The van der Waals surface area contributed by atoms with Crippen LogP contribution in [0, 0.1) is 19.3 Å². The predicted octanol–water partition coefficient (Wildman–Crippen LogP) is 2.47. The van der Waals surface area contributed by atoms with Crippen LogP contribution in [0.5, 0.6) is 0 Å². The molecule has 6 nitrogen and oxygen atoms in total. The lowest BCUT2D eigenvalue weighted by atomic mass is 9.90. The zero-order valence-electron chi connectivity index (χ0n) is 15.2. The fourth-order valence-electron chi connectivity index (χ4n) is 3.04. The van der Waals surface area contributed by atoms with Gasteiger partial charge in [-0.3, -0.25) is 9.59 Å². The third kappa shape index (κ3) is 3.57. The molecule has 0 aliphatic carbocycles. The molecule has 0 aromatic carbocycles. The molecule has 1 aliphatic rings. The topological polar surface area (TPSA) is 83.4 Å². The maximum absolute atomic E-state index is 12.6. The van der Waals surface area contributed by atoms with Gasteiger partial charge in [0.15, 0.2) is 0 Å². The number of hydrogen-bond acceptors (Lipinski definition) is 4. The van der Waals surface area contributed by atoms with E-state index in [1.165, 1.54) is 0 Å². The maximum atomic E-state index is 12.6. The molecule has 2 rings (SSSR count). The third-order valence-corrected chi connectivity index (χ3v) is 5.16. The summed E-state index contributed by atoms with van der Waals surface area (Å²) in [4.78, 5) is 34.7. The number of rotatable bonds is 5. The molecule has 1 aliphatic heterocycles. The van der Waals surface area contributed by atoms with E-state index in [9.17, 15) is 14.7 Å². The van der Waals surface area contributed by atoms with Crippen LogP contribution in [0.25, 0.3) is 0 Å². The highest BCUT2D eigenvalue weighted by molar-refractivity contribution is 5.82. The van der Waals surface area contributed by atoms with E-state index < -0.39 is 11.4 Å². The minimum Gasteiger partial charge on any atom is -0.481 e. The number of carbonyl (C=O) groups excluding carboxylic acids is 1. The summed E-state index contributed by atoms with van der Waals surface area (Å²) >= 11 is 0. The summed E-state index contributed by atoms with van der Waals surface area (Å²) in [6.45, 7) is 10.5. The van der Waals surface area contributed by atoms with Crippen molar-refractivity contribution in [2.24, 2.45) is 5.41 Å². The number of carboxylic acids is 1. The first-order valence-corrected chi connectivity index (χ1v) is 8.53. The van der Waals surface area contributed by atoms with Crippen molar-refractivity contribution in [2.75, 3.05) is 13.1 Å². The number of carbonyl (C=O) groups is 2. The molecule has 0 saturated carbocycles. The van der Waals surface area contributed by atoms with Crippen molar-refractivity contribution < 1.29 is 14.7 Å². The monoisotopic (exact) mass is 333 g/mol. The largest absolute Gasteiger partial charge is 0.481 e. The molecule has 2 atom stereocenters. The minimum absolute atomic E-state index is 0.0499. The van der Waals surface area contributed by atoms with E-state index in [0.29, 0.717) is 18.9 Å². The molecule has 132 valence electrons. The normalized spacial score (nSPS) is 21.8. The highest BCUT2D eigenvalue weighted by Crippen LogP contribution is 2.30. The first kappa shape index (κ1) is 18.4. The van der Waals surface area contributed by atoms with E-state index in [-0.39, 0.29) is 18.9 Å². The van der Waals surface area contributed by atoms with Gasteiger partial charge in [-0.25, -0.2) is 9.97 Å². The second-order valence-electron chi connectivity index (χ2n) is 7.15. The lowest BCUT2D eigenvalue weighted by Gasteiger charge is -2.21. The Bertz CT molecular complexity index is 636. The SMILES string of the molecule is CCC(C)c1nc(C)c(CC(=O)N2CCC(C)(C(=O)O)C2)c(C)n1. The average molecular weight is 333 g/mol. The Morgan fingerprint density at radius 3 is 2.33 bits per heavy atom. The highest BCUT2D eigenvalue weighted by Gasteiger charge is 2.42. The van der Waals surface area contributed by atoms with Crippen molar-refractivity contribution in [3.63, 3.8) is 0 Å².